The number of hydrogen-bond acceptors (Lipinski definition) is 5. The Balaban J connectivity index is 2.03. The molecule has 0 bridgehead atoms. The first-order valence-corrected chi connectivity index (χ1v) is 8.94. The summed E-state index contributed by atoms with van der Waals surface area (Å²) < 4.78 is 5.87. The molecule has 2 aromatic carbocycles. The van der Waals surface area contributed by atoms with Crippen molar-refractivity contribution in [1.29, 1.82) is 5.26 Å². The molecule has 4 rings (SSSR count). The lowest BCUT2D eigenvalue weighted by atomic mass is 9.86. The van der Waals surface area contributed by atoms with Crippen molar-refractivity contribution in [3.05, 3.63) is 87.1 Å². The molecule has 2 heterocycles. The molecule has 0 fully saturated rings. The largest absolute Gasteiger partial charge is 0.424 e. The molecule has 1 unspecified atom stereocenters. The van der Waals surface area contributed by atoms with Gasteiger partial charge in [-0.1, -0.05) is 47.5 Å². The Hall–Kier alpha value is -2.94. The van der Waals surface area contributed by atoms with Gasteiger partial charge in [-0.2, -0.15) is 5.26 Å². The van der Waals surface area contributed by atoms with Crippen molar-refractivity contribution in [2.75, 3.05) is 4.90 Å². The number of benzene rings is 2. The highest BCUT2D eigenvalue weighted by Crippen LogP contribution is 2.49. The summed E-state index contributed by atoms with van der Waals surface area (Å²) in [5, 5.41) is 10.8. The minimum Gasteiger partial charge on any atom is -0.424 e. The maximum Gasteiger partial charge on any atom is 0.230 e. The molecule has 5 nitrogen and oxygen atoms in total. The van der Waals surface area contributed by atoms with E-state index in [0.29, 0.717) is 38.7 Å². The number of oxazole rings is 1. The van der Waals surface area contributed by atoms with Gasteiger partial charge >= 0.3 is 0 Å². The number of aryl methyl sites for hydroxylation is 1. The molecular formula is C20H14Cl2N4O. The molecule has 0 saturated heterocycles. The lowest BCUT2D eigenvalue weighted by molar-refractivity contribution is 0.522. The van der Waals surface area contributed by atoms with E-state index in [1.165, 1.54) is 0 Å². The minimum absolute atomic E-state index is 0.258. The number of nitrogens with zero attached hydrogens (tertiary/aromatic N) is 3. The van der Waals surface area contributed by atoms with Crippen molar-refractivity contribution in [3.63, 3.8) is 0 Å². The Morgan fingerprint density at radius 1 is 1.11 bits per heavy atom. The third-order valence-electron chi connectivity index (χ3n) is 4.45. The normalized spacial score (nSPS) is 16.2. The molecule has 1 atom stereocenters. The third-order valence-corrected chi connectivity index (χ3v) is 5.11. The van der Waals surface area contributed by atoms with Gasteiger partial charge in [0.2, 0.25) is 5.88 Å². The SMILES string of the molecule is Cc1nc2c(o1)N(c1ccccc1)C(N)=C(C#N)C2c1c(Cl)cccc1Cl. The summed E-state index contributed by atoms with van der Waals surface area (Å²) in [4.78, 5) is 6.22. The van der Waals surface area contributed by atoms with Gasteiger partial charge in [-0.05, 0) is 24.3 Å². The minimum atomic E-state index is -0.608. The number of allylic oxidation sites excluding steroid dienone is 1. The molecule has 2 N–H and O–H groups in total. The summed E-state index contributed by atoms with van der Waals surface area (Å²) >= 11 is 12.9. The van der Waals surface area contributed by atoms with Crippen LogP contribution in [0.4, 0.5) is 11.6 Å². The van der Waals surface area contributed by atoms with E-state index in [4.69, 9.17) is 33.4 Å². The Bertz CT molecular complexity index is 1080. The van der Waals surface area contributed by atoms with Gasteiger partial charge in [0, 0.05) is 22.5 Å². The zero-order valence-electron chi connectivity index (χ0n) is 14.3. The van der Waals surface area contributed by atoms with Crippen LogP contribution in [-0.2, 0) is 0 Å². The first-order chi connectivity index (χ1) is 13.0. The molecule has 3 aromatic rings. The fraction of sp³-hybridized carbons (Fsp3) is 0.100. The number of para-hydroxylation sites is 1. The van der Waals surface area contributed by atoms with E-state index < -0.39 is 5.92 Å². The van der Waals surface area contributed by atoms with Crippen LogP contribution < -0.4 is 10.6 Å². The van der Waals surface area contributed by atoms with Crippen molar-refractivity contribution in [2.45, 2.75) is 12.8 Å². The highest BCUT2D eigenvalue weighted by molar-refractivity contribution is 6.36. The van der Waals surface area contributed by atoms with Crippen LogP contribution in [0.3, 0.4) is 0 Å². The average Bonchev–Trinajstić information content (AvgIpc) is 3.03. The van der Waals surface area contributed by atoms with Crippen molar-refractivity contribution < 1.29 is 4.42 Å². The summed E-state index contributed by atoms with van der Waals surface area (Å²) in [6.07, 6.45) is 0. The predicted molar refractivity (Wildman–Crippen MR) is 105 cm³/mol. The summed E-state index contributed by atoms with van der Waals surface area (Å²) in [5.41, 5.74) is 8.65. The number of fused-ring (bicyclic) bond motifs is 1. The second-order valence-corrected chi connectivity index (χ2v) is 6.89. The van der Waals surface area contributed by atoms with Gasteiger partial charge in [-0.15, -0.1) is 0 Å². The Labute approximate surface area is 166 Å². The Morgan fingerprint density at radius 2 is 1.78 bits per heavy atom. The van der Waals surface area contributed by atoms with Crippen LogP contribution in [0.25, 0.3) is 0 Å². The van der Waals surface area contributed by atoms with Crippen LogP contribution in [0.15, 0.2) is 64.3 Å². The summed E-state index contributed by atoms with van der Waals surface area (Å²) in [7, 11) is 0. The molecule has 0 radical (unpaired) electrons. The first kappa shape index (κ1) is 17.5. The van der Waals surface area contributed by atoms with E-state index in [1.807, 2.05) is 30.3 Å². The van der Waals surface area contributed by atoms with Crippen molar-refractivity contribution in [3.8, 4) is 6.07 Å². The molecule has 0 saturated carbocycles. The number of nitriles is 1. The van der Waals surface area contributed by atoms with Crippen LogP contribution in [0.1, 0.15) is 23.1 Å². The topological polar surface area (TPSA) is 79.1 Å². The van der Waals surface area contributed by atoms with E-state index in [9.17, 15) is 5.26 Å². The Kier molecular flexibility index (Phi) is 4.31. The van der Waals surface area contributed by atoms with Crippen molar-refractivity contribution in [1.82, 2.24) is 4.98 Å². The van der Waals surface area contributed by atoms with Crippen LogP contribution in [0.2, 0.25) is 10.0 Å². The maximum atomic E-state index is 9.91. The molecule has 0 spiro atoms. The second-order valence-electron chi connectivity index (χ2n) is 6.07. The number of halogens is 2. The molecule has 0 aliphatic carbocycles. The maximum absolute atomic E-state index is 9.91. The number of rotatable bonds is 2. The molecular weight excluding hydrogens is 383 g/mol. The molecule has 1 aromatic heterocycles. The van der Waals surface area contributed by atoms with Gasteiger partial charge in [0.25, 0.3) is 0 Å². The van der Waals surface area contributed by atoms with Gasteiger partial charge in [0.15, 0.2) is 5.89 Å². The second kappa shape index (κ2) is 6.66. The Morgan fingerprint density at radius 3 is 2.41 bits per heavy atom. The zero-order valence-corrected chi connectivity index (χ0v) is 15.8. The molecule has 7 heteroatoms. The predicted octanol–water partition coefficient (Wildman–Crippen LogP) is 5.27. The van der Waals surface area contributed by atoms with Crippen LogP contribution in [0.5, 0.6) is 0 Å². The average molecular weight is 397 g/mol. The number of nitrogens with two attached hydrogens (primary N) is 1. The summed E-state index contributed by atoms with van der Waals surface area (Å²) in [6.45, 7) is 1.75. The zero-order chi connectivity index (χ0) is 19.1. The fourth-order valence-electron chi connectivity index (χ4n) is 3.32. The van der Waals surface area contributed by atoms with Crippen molar-refractivity contribution >= 4 is 34.8 Å². The van der Waals surface area contributed by atoms with Crippen LogP contribution >= 0.6 is 23.2 Å². The quantitative estimate of drug-likeness (QED) is 0.638. The van der Waals surface area contributed by atoms with Crippen LogP contribution in [-0.4, -0.2) is 4.98 Å². The van der Waals surface area contributed by atoms with E-state index >= 15 is 0 Å². The van der Waals surface area contributed by atoms with Gasteiger partial charge in [-0.3, -0.25) is 4.90 Å². The van der Waals surface area contributed by atoms with E-state index in [2.05, 4.69) is 11.1 Å². The lowest BCUT2D eigenvalue weighted by Gasteiger charge is -2.32. The smallest absolute Gasteiger partial charge is 0.230 e. The molecule has 1 aliphatic heterocycles. The van der Waals surface area contributed by atoms with E-state index in [1.54, 1.807) is 30.0 Å². The summed E-state index contributed by atoms with van der Waals surface area (Å²) in [6, 6.07) is 16.9. The standard InChI is InChI=1S/C20H14Cl2N4O/c1-11-25-18-16(17-14(21)8-5-9-15(17)22)13(10-23)19(24)26(20(18)27-11)12-6-3-2-4-7-12/h2-9,16H,24H2,1H3. The highest BCUT2D eigenvalue weighted by atomic mass is 35.5. The van der Waals surface area contributed by atoms with Crippen molar-refractivity contribution in [2.24, 2.45) is 5.73 Å². The number of aromatic nitrogens is 1. The lowest BCUT2D eigenvalue weighted by Crippen LogP contribution is -2.31. The molecule has 0 amide bonds. The molecule has 27 heavy (non-hydrogen) atoms. The van der Waals surface area contributed by atoms with Gasteiger partial charge in [0.1, 0.15) is 11.5 Å². The fourth-order valence-corrected chi connectivity index (χ4v) is 3.93. The molecule has 1 aliphatic rings. The molecule has 134 valence electrons. The van der Waals surface area contributed by atoms with E-state index in [-0.39, 0.29) is 5.82 Å². The van der Waals surface area contributed by atoms with Crippen LogP contribution in [0, 0.1) is 18.3 Å². The van der Waals surface area contributed by atoms with Gasteiger partial charge < -0.3 is 10.2 Å². The number of anilines is 2. The monoisotopic (exact) mass is 396 g/mol. The third kappa shape index (κ3) is 2.74. The van der Waals surface area contributed by atoms with Gasteiger partial charge in [-0.25, -0.2) is 4.98 Å². The highest BCUT2D eigenvalue weighted by Gasteiger charge is 2.40. The first-order valence-electron chi connectivity index (χ1n) is 8.19. The van der Waals surface area contributed by atoms with Gasteiger partial charge in [0.05, 0.1) is 23.2 Å². The van der Waals surface area contributed by atoms with E-state index in [0.717, 1.165) is 5.69 Å². The summed E-state index contributed by atoms with van der Waals surface area (Å²) in [5.74, 6) is 0.564. The number of hydrogen-bond donors (Lipinski definition) is 1.